The molecule has 0 unspecified atom stereocenters. The molecule has 0 amide bonds. The molecule has 5 rings (SSSR count). The Kier molecular flexibility index (Phi) is 19.2. The monoisotopic (exact) mass is 1030 g/mol. The van der Waals surface area contributed by atoms with Gasteiger partial charge in [-0.15, -0.1) is 0 Å². The fourth-order valence-corrected chi connectivity index (χ4v) is 9.76. The summed E-state index contributed by atoms with van der Waals surface area (Å²) in [5.74, 6) is -0.281. The van der Waals surface area contributed by atoms with Crippen molar-refractivity contribution in [3.8, 4) is 23.0 Å². The highest BCUT2D eigenvalue weighted by Crippen LogP contribution is 2.42. The number of ether oxygens (including phenoxy) is 8. The molecular weight excluding hydrogens is 977 g/mol. The van der Waals surface area contributed by atoms with E-state index in [1.54, 1.807) is 27.7 Å². The summed E-state index contributed by atoms with van der Waals surface area (Å²) in [7, 11) is -21.2. The van der Waals surface area contributed by atoms with Crippen LogP contribution in [0.1, 0.15) is 72.2 Å². The molecule has 0 heterocycles. The van der Waals surface area contributed by atoms with Gasteiger partial charge in [0.15, 0.2) is 0 Å². The molecule has 20 nitrogen and oxygen atoms in total. The molecule has 1 aliphatic rings. The summed E-state index contributed by atoms with van der Waals surface area (Å²) < 4.78 is 202. The van der Waals surface area contributed by atoms with Gasteiger partial charge >= 0.3 is 0 Å². The van der Waals surface area contributed by atoms with E-state index >= 15 is 0 Å². The van der Waals surface area contributed by atoms with E-state index in [0.717, 1.165) is 48.5 Å². The van der Waals surface area contributed by atoms with E-state index in [-0.39, 0.29) is 147 Å². The van der Waals surface area contributed by atoms with Crippen LogP contribution in [0.25, 0.3) is 0 Å². The fourth-order valence-electron chi connectivity index (χ4n) is 7.47. The second-order valence-corrected chi connectivity index (χ2v) is 20.5. The first-order chi connectivity index (χ1) is 32.1. The molecule has 0 atom stereocenters. The van der Waals surface area contributed by atoms with Crippen molar-refractivity contribution in [2.45, 2.75) is 73.0 Å². The van der Waals surface area contributed by atoms with Gasteiger partial charge in [-0.3, -0.25) is 0 Å². The van der Waals surface area contributed by atoms with Crippen LogP contribution in [0.4, 0.5) is 0 Å². The lowest BCUT2D eigenvalue weighted by molar-refractivity contribution is 0.108. The van der Waals surface area contributed by atoms with Crippen LogP contribution < -0.4 is 18.9 Å². The van der Waals surface area contributed by atoms with E-state index in [1.165, 1.54) is 0 Å². The normalized spacial score (nSPS) is 13.3. The largest absolute Gasteiger partial charge is 0.744 e. The molecule has 0 saturated heterocycles. The van der Waals surface area contributed by atoms with Crippen LogP contribution in [0, 0.1) is 0 Å². The Labute approximate surface area is 396 Å². The van der Waals surface area contributed by atoms with Crippen LogP contribution in [0.5, 0.6) is 23.0 Å². The molecule has 0 spiro atoms. The first-order valence-electron chi connectivity index (χ1n) is 21.4. The van der Waals surface area contributed by atoms with Gasteiger partial charge in [0.2, 0.25) is 0 Å². The molecule has 0 saturated carbocycles. The van der Waals surface area contributed by atoms with Crippen LogP contribution in [-0.4, -0.2) is 131 Å². The highest BCUT2D eigenvalue weighted by Gasteiger charge is 2.27. The highest BCUT2D eigenvalue weighted by atomic mass is 32.2. The summed E-state index contributed by atoms with van der Waals surface area (Å²) in [6.45, 7) is 7.40. The predicted molar refractivity (Wildman–Crippen MR) is 237 cm³/mol. The molecule has 68 heavy (non-hydrogen) atoms. The molecule has 24 heteroatoms. The highest BCUT2D eigenvalue weighted by molar-refractivity contribution is 7.86. The number of hydrogen-bond donors (Lipinski definition) is 0. The Balaban J connectivity index is 2.01. The standard InChI is InChI=1S/C44H56O20S4/c1-5-57-9-13-61-41-29-17-31-23-38(66(48,49)50)25-33(42(31)62-14-10-58-6-2)19-35-27-40(68(54,55)56)28-36(44(35)64-16-12-60-8-4)20-34-26-39(67(51,52)53)24-32(43(34)63-15-11-59-7-3)18-30(41)22-37(21-29)65(45,46)47/h21-28H,5-20H2,1-4H3,(H,45,46,47)(H,48,49,50)(H,51,52,53)(H,54,55,56)/p-4. The van der Waals surface area contributed by atoms with Crippen LogP contribution in [0.3, 0.4) is 0 Å². The zero-order valence-electron chi connectivity index (χ0n) is 37.7. The van der Waals surface area contributed by atoms with E-state index in [0.29, 0.717) is 0 Å². The third kappa shape index (κ3) is 14.8. The van der Waals surface area contributed by atoms with Gasteiger partial charge in [0.05, 0.1) is 46.0 Å². The molecule has 4 aromatic rings. The molecule has 0 fully saturated rings. The van der Waals surface area contributed by atoms with Crippen molar-refractivity contribution < 1.29 is 89.8 Å². The zero-order chi connectivity index (χ0) is 49.9. The summed E-state index contributed by atoms with van der Waals surface area (Å²) in [5.41, 5.74) is -0.482. The van der Waals surface area contributed by atoms with E-state index in [2.05, 4.69) is 0 Å². The first-order valence-corrected chi connectivity index (χ1v) is 27.0. The maximum atomic E-state index is 12.9. The Morgan fingerprint density at radius 3 is 0.618 bits per heavy atom. The molecular formula is C44H52O20S4-4. The number of benzene rings is 4. The van der Waals surface area contributed by atoms with E-state index in [4.69, 9.17) is 37.9 Å². The summed E-state index contributed by atoms with van der Waals surface area (Å²) >= 11 is 0. The smallest absolute Gasteiger partial charge is 0.126 e. The maximum Gasteiger partial charge on any atom is 0.126 e. The van der Waals surface area contributed by atoms with Crippen molar-refractivity contribution in [1.82, 2.24) is 0 Å². The lowest BCUT2D eigenvalue weighted by Gasteiger charge is -2.25. The minimum absolute atomic E-state index is 0.00443. The minimum atomic E-state index is -5.30. The van der Waals surface area contributed by atoms with Gasteiger partial charge in [0.25, 0.3) is 0 Å². The Hall–Kier alpha value is -4.44. The summed E-state index contributed by atoms with van der Waals surface area (Å²) in [6.07, 6.45) is -2.01. The van der Waals surface area contributed by atoms with Crippen LogP contribution in [0.15, 0.2) is 68.1 Å². The van der Waals surface area contributed by atoms with Crippen molar-refractivity contribution >= 4 is 40.5 Å². The van der Waals surface area contributed by atoms with Crippen LogP contribution >= 0.6 is 0 Å². The average Bonchev–Trinajstić information content (AvgIpc) is 3.24. The SMILES string of the molecule is CCOCCOc1c2cc(S(=O)(=O)[O-])cc1Cc1cc(S(=O)(=O)[O-])cc(c1OCCOCC)Cc1cc(S(=O)(=O)[O-])cc(c1OCCOCC)Cc1cc(S(=O)(=O)[O-])cc(c1OCCOCC)C2. The second-order valence-electron chi connectivity index (χ2n) is 15.0. The van der Waals surface area contributed by atoms with Gasteiger partial charge in [0.1, 0.15) is 89.9 Å². The van der Waals surface area contributed by atoms with Crippen molar-refractivity contribution in [2.24, 2.45) is 0 Å². The minimum Gasteiger partial charge on any atom is -0.744 e. The third-order valence-corrected chi connectivity index (χ3v) is 13.5. The zero-order valence-corrected chi connectivity index (χ0v) is 41.0. The van der Waals surface area contributed by atoms with Gasteiger partial charge in [0, 0.05) is 96.6 Å². The molecule has 0 aliphatic heterocycles. The summed E-state index contributed by atoms with van der Waals surface area (Å²) in [4.78, 5) is -3.13. The molecule has 8 bridgehead atoms. The van der Waals surface area contributed by atoms with E-state index < -0.39 is 85.7 Å². The lowest BCUT2D eigenvalue weighted by Crippen LogP contribution is -2.16. The predicted octanol–water partition coefficient (Wildman–Crippen LogP) is 3.64. The molecule has 0 aromatic heterocycles. The van der Waals surface area contributed by atoms with Gasteiger partial charge in [-0.2, -0.15) is 0 Å². The fraction of sp³-hybridized carbons (Fsp3) is 0.455. The van der Waals surface area contributed by atoms with Gasteiger partial charge in [-0.05, 0) is 76.2 Å². The van der Waals surface area contributed by atoms with E-state index in [1.807, 2.05) is 0 Å². The van der Waals surface area contributed by atoms with E-state index in [9.17, 15) is 51.9 Å². The Morgan fingerprint density at radius 2 is 0.485 bits per heavy atom. The summed E-state index contributed by atoms with van der Waals surface area (Å²) in [6, 6.07) is 7.97. The maximum absolute atomic E-state index is 12.9. The molecule has 4 aromatic carbocycles. The lowest BCUT2D eigenvalue weighted by atomic mass is 9.91. The van der Waals surface area contributed by atoms with Crippen molar-refractivity contribution in [3.05, 3.63) is 93.0 Å². The van der Waals surface area contributed by atoms with Crippen LogP contribution in [-0.2, 0) is 85.1 Å². The topological polar surface area (TPSA) is 303 Å². The molecule has 1 aliphatic carbocycles. The molecule has 0 N–H and O–H groups in total. The third-order valence-electron chi connectivity index (χ3n) is 10.3. The van der Waals surface area contributed by atoms with Crippen molar-refractivity contribution in [3.63, 3.8) is 0 Å². The summed E-state index contributed by atoms with van der Waals surface area (Å²) in [5, 5.41) is 0. The molecule has 376 valence electrons. The second kappa shape index (κ2) is 23.9. The van der Waals surface area contributed by atoms with Gasteiger partial charge in [-0.1, -0.05) is 0 Å². The van der Waals surface area contributed by atoms with Crippen molar-refractivity contribution in [2.75, 3.05) is 79.3 Å². The Bertz CT molecular complexity index is 2380. The molecule has 0 radical (unpaired) electrons. The van der Waals surface area contributed by atoms with Crippen molar-refractivity contribution in [1.29, 1.82) is 0 Å². The van der Waals surface area contributed by atoms with Gasteiger partial charge < -0.3 is 56.1 Å². The van der Waals surface area contributed by atoms with Crippen LogP contribution in [0.2, 0.25) is 0 Å². The first kappa shape index (κ1) is 54.5. The quantitative estimate of drug-likeness (QED) is 0.0629. The average molecular weight is 1030 g/mol. The van der Waals surface area contributed by atoms with Gasteiger partial charge in [-0.25, -0.2) is 33.7 Å². The number of fused-ring (bicyclic) bond motifs is 8. The Morgan fingerprint density at radius 1 is 0.324 bits per heavy atom. The number of rotatable bonds is 24. The number of hydrogen-bond acceptors (Lipinski definition) is 20.